The molecule has 0 N–H and O–H groups in total. The van der Waals surface area contributed by atoms with Crippen LogP contribution in [0, 0.1) is 5.41 Å². The van der Waals surface area contributed by atoms with Gasteiger partial charge in [0.2, 0.25) is 0 Å². The van der Waals surface area contributed by atoms with E-state index < -0.39 is 0 Å². The molecular weight excluding hydrogens is 248 g/mol. The SMILES string of the molecule is C[C@]1(CCCCOCc2ccccc2)CCCCC1=O. The molecule has 1 aromatic carbocycles. The highest BCUT2D eigenvalue weighted by Gasteiger charge is 2.33. The lowest BCUT2D eigenvalue weighted by Gasteiger charge is -2.32. The van der Waals surface area contributed by atoms with Crippen LogP contribution in [0.1, 0.15) is 57.4 Å². The third kappa shape index (κ3) is 4.45. The van der Waals surface area contributed by atoms with Crippen molar-refractivity contribution in [2.24, 2.45) is 5.41 Å². The van der Waals surface area contributed by atoms with Crippen LogP contribution in [0.25, 0.3) is 0 Å². The van der Waals surface area contributed by atoms with Crippen molar-refractivity contribution in [3.8, 4) is 0 Å². The summed E-state index contributed by atoms with van der Waals surface area (Å²) in [5.41, 5.74) is 1.18. The lowest BCUT2D eigenvalue weighted by Crippen LogP contribution is -2.31. The first-order valence-corrected chi connectivity index (χ1v) is 7.86. The standard InChI is InChI=1S/C18H26O2/c1-18(12-6-5-11-17(18)19)13-7-8-14-20-15-16-9-3-2-4-10-16/h2-4,9-10H,5-8,11-15H2,1H3/t18-/m1/s1. The molecule has 0 bridgehead atoms. The van der Waals surface area contributed by atoms with Crippen LogP contribution in [0.3, 0.4) is 0 Å². The van der Waals surface area contributed by atoms with E-state index in [2.05, 4.69) is 19.1 Å². The van der Waals surface area contributed by atoms with Crippen LogP contribution in [0.15, 0.2) is 30.3 Å². The van der Waals surface area contributed by atoms with Crippen molar-refractivity contribution in [1.29, 1.82) is 0 Å². The Bertz CT molecular complexity index is 413. The molecule has 2 nitrogen and oxygen atoms in total. The fraction of sp³-hybridized carbons (Fsp3) is 0.611. The number of Topliss-reactive ketones (excluding diaryl/α,β-unsaturated/α-hetero) is 1. The molecule has 110 valence electrons. The first-order valence-electron chi connectivity index (χ1n) is 7.86. The minimum atomic E-state index is -0.0440. The van der Waals surface area contributed by atoms with Crippen LogP contribution in [0.4, 0.5) is 0 Å². The van der Waals surface area contributed by atoms with Gasteiger partial charge in [0.25, 0.3) is 0 Å². The van der Waals surface area contributed by atoms with Gasteiger partial charge in [-0.25, -0.2) is 0 Å². The molecule has 1 atom stereocenters. The molecule has 1 aromatic rings. The summed E-state index contributed by atoms with van der Waals surface area (Å²) in [6, 6.07) is 10.3. The van der Waals surface area contributed by atoms with Gasteiger partial charge in [-0.15, -0.1) is 0 Å². The Balaban J connectivity index is 1.58. The first kappa shape index (κ1) is 15.2. The Morgan fingerprint density at radius 1 is 1.15 bits per heavy atom. The van der Waals surface area contributed by atoms with Gasteiger partial charge in [0, 0.05) is 18.4 Å². The highest BCUT2D eigenvalue weighted by molar-refractivity contribution is 5.85. The van der Waals surface area contributed by atoms with E-state index in [4.69, 9.17) is 4.74 Å². The van der Waals surface area contributed by atoms with E-state index in [1.54, 1.807) is 0 Å². The van der Waals surface area contributed by atoms with Gasteiger partial charge in [0.1, 0.15) is 5.78 Å². The van der Waals surface area contributed by atoms with Gasteiger partial charge < -0.3 is 4.74 Å². The molecule has 0 aliphatic heterocycles. The van der Waals surface area contributed by atoms with Gasteiger partial charge in [-0.2, -0.15) is 0 Å². The van der Waals surface area contributed by atoms with Crippen molar-refractivity contribution >= 4 is 5.78 Å². The van der Waals surface area contributed by atoms with E-state index in [-0.39, 0.29) is 5.41 Å². The average Bonchev–Trinajstić information content (AvgIpc) is 2.47. The molecule has 2 rings (SSSR count). The molecule has 20 heavy (non-hydrogen) atoms. The van der Waals surface area contributed by atoms with Crippen molar-refractivity contribution < 1.29 is 9.53 Å². The topological polar surface area (TPSA) is 26.3 Å². The largest absolute Gasteiger partial charge is 0.377 e. The normalized spacial score (nSPS) is 22.9. The molecule has 1 aliphatic carbocycles. The van der Waals surface area contributed by atoms with Crippen molar-refractivity contribution in [3.63, 3.8) is 0 Å². The molecule has 0 heterocycles. The van der Waals surface area contributed by atoms with E-state index in [1.807, 2.05) is 18.2 Å². The third-order valence-electron chi connectivity index (χ3n) is 4.43. The molecule has 0 aromatic heterocycles. The van der Waals surface area contributed by atoms with E-state index in [9.17, 15) is 4.79 Å². The monoisotopic (exact) mass is 274 g/mol. The fourth-order valence-electron chi connectivity index (χ4n) is 2.99. The number of carbonyl (C=O) groups is 1. The number of ether oxygens (including phenoxy) is 1. The summed E-state index contributed by atoms with van der Waals surface area (Å²) in [6.07, 6.45) is 7.35. The second kappa shape index (κ2) is 7.58. The second-order valence-corrected chi connectivity index (χ2v) is 6.19. The molecule has 1 aliphatic rings. The molecule has 1 saturated carbocycles. The maximum atomic E-state index is 12.0. The fourth-order valence-corrected chi connectivity index (χ4v) is 2.99. The molecule has 0 unspecified atom stereocenters. The predicted molar refractivity (Wildman–Crippen MR) is 81.5 cm³/mol. The summed E-state index contributed by atoms with van der Waals surface area (Å²) in [6.45, 7) is 3.63. The second-order valence-electron chi connectivity index (χ2n) is 6.19. The molecule has 0 saturated heterocycles. The van der Waals surface area contributed by atoms with Gasteiger partial charge in [-0.05, 0) is 31.2 Å². The third-order valence-corrected chi connectivity index (χ3v) is 4.43. The summed E-state index contributed by atoms with van der Waals surface area (Å²) in [4.78, 5) is 12.0. The number of benzene rings is 1. The Morgan fingerprint density at radius 3 is 2.70 bits per heavy atom. The van der Waals surface area contributed by atoms with Gasteiger partial charge in [0.05, 0.1) is 6.61 Å². The van der Waals surface area contributed by atoms with Gasteiger partial charge >= 0.3 is 0 Å². The van der Waals surface area contributed by atoms with Gasteiger partial charge in [-0.3, -0.25) is 4.79 Å². The summed E-state index contributed by atoms with van der Waals surface area (Å²) in [5, 5.41) is 0. The number of hydrogen-bond donors (Lipinski definition) is 0. The van der Waals surface area contributed by atoms with E-state index in [0.29, 0.717) is 12.4 Å². The molecule has 0 spiro atoms. The van der Waals surface area contributed by atoms with E-state index in [0.717, 1.165) is 45.1 Å². The summed E-state index contributed by atoms with van der Waals surface area (Å²) in [5.74, 6) is 0.481. The number of hydrogen-bond acceptors (Lipinski definition) is 2. The van der Waals surface area contributed by atoms with Crippen LogP contribution in [0.5, 0.6) is 0 Å². The number of unbranched alkanes of at least 4 members (excludes halogenated alkanes) is 1. The molecule has 2 heteroatoms. The lowest BCUT2D eigenvalue weighted by molar-refractivity contribution is -0.130. The highest BCUT2D eigenvalue weighted by atomic mass is 16.5. The predicted octanol–water partition coefficient (Wildman–Crippen LogP) is 4.52. The van der Waals surface area contributed by atoms with Crippen LogP contribution in [-0.4, -0.2) is 12.4 Å². The summed E-state index contributed by atoms with van der Waals surface area (Å²) < 4.78 is 5.68. The summed E-state index contributed by atoms with van der Waals surface area (Å²) >= 11 is 0. The number of rotatable bonds is 7. The molecular formula is C18H26O2. The first-order chi connectivity index (χ1) is 9.71. The minimum absolute atomic E-state index is 0.0440. The van der Waals surface area contributed by atoms with Crippen LogP contribution < -0.4 is 0 Å². The van der Waals surface area contributed by atoms with Crippen LogP contribution in [0.2, 0.25) is 0 Å². The summed E-state index contributed by atoms with van der Waals surface area (Å²) in [7, 11) is 0. The quantitative estimate of drug-likeness (QED) is 0.683. The number of carbonyl (C=O) groups excluding carboxylic acids is 1. The zero-order valence-corrected chi connectivity index (χ0v) is 12.6. The zero-order chi connectivity index (χ0) is 14.3. The smallest absolute Gasteiger partial charge is 0.138 e. The van der Waals surface area contributed by atoms with E-state index in [1.165, 1.54) is 12.0 Å². The van der Waals surface area contributed by atoms with Crippen molar-refractivity contribution in [1.82, 2.24) is 0 Å². The molecule has 0 radical (unpaired) electrons. The minimum Gasteiger partial charge on any atom is -0.377 e. The highest BCUT2D eigenvalue weighted by Crippen LogP contribution is 2.37. The Kier molecular flexibility index (Phi) is 5.78. The van der Waals surface area contributed by atoms with Gasteiger partial charge in [0.15, 0.2) is 0 Å². The zero-order valence-electron chi connectivity index (χ0n) is 12.6. The van der Waals surface area contributed by atoms with Crippen LogP contribution >= 0.6 is 0 Å². The lowest BCUT2D eigenvalue weighted by atomic mass is 9.71. The molecule has 1 fully saturated rings. The van der Waals surface area contributed by atoms with Gasteiger partial charge in [-0.1, -0.05) is 50.1 Å². The van der Waals surface area contributed by atoms with E-state index >= 15 is 0 Å². The number of ketones is 1. The van der Waals surface area contributed by atoms with Crippen LogP contribution in [-0.2, 0) is 16.1 Å². The molecule has 0 amide bonds. The maximum absolute atomic E-state index is 12.0. The van der Waals surface area contributed by atoms with Crippen molar-refractivity contribution in [3.05, 3.63) is 35.9 Å². The Labute approximate surface area is 122 Å². The van der Waals surface area contributed by atoms with Crippen molar-refractivity contribution in [2.45, 2.75) is 58.5 Å². The Morgan fingerprint density at radius 2 is 1.95 bits per heavy atom. The van der Waals surface area contributed by atoms with Crippen molar-refractivity contribution in [2.75, 3.05) is 6.61 Å². The average molecular weight is 274 g/mol. The maximum Gasteiger partial charge on any atom is 0.138 e. The Hall–Kier alpha value is -1.15.